The highest BCUT2D eigenvalue weighted by atomic mass is 35.5. The third-order valence-corrected chi connectivity index (χ3v) is 5.09. The number of hydrogen-bond acceptors (Lipinski definition) is 4. The first-order chi connectivity index (χ1) is 13.5. The minimum Gasteiger partial charge on any atom is -0.459 e. The van der Waals surface area contributed by atoms with Gasteiger partial charge in [0, 0.05) is 17.8 Å². The molecule has 1 aliphatic rings. The Hall–Kier alpha value is -2.83. The second-order valence-corrected chi connectivity index (χ2v) is 6.99. The third kappa shape index (κ3) is 3.48. The Morgan fingerprint density at radius 3 is 2.64 bits per heavy atom. The molecular weight excluding hydrogens is 401 g/mol. The summed E-state index contributed by atoms with van der Waals surface area (Å²) in [6.45, 7) is -0.118. The Kier molecular flexibility index (Phi) is 5.07. The fraction of sp³-hybridized carbons (Fsp3) is 0.150. The first-order valence-corrected chi connectivity index (χ1v) is 9.33. The highest BCUT2D eigenvalue weighted by molar-refractivity contribution is 6.33. The number of anilines is 1. The molecule has 1 aliphatic heterocycles. The normalized spacial score (nSPS) is 15.6. The van der Waals surface area contributed by atoms with Crippen LogP contribution in [-0.4, -0.2) is 21.4 Å². The minimum atomic E-state index is -0.674. The zero-order chi connectivity index (χ0) is 19.7. The number of halogens is 2. The second-order valence-electron chi connectivity index (χ2n) is 6.29. The van der Waals surface area contributed by atoms with Gasteiger partial charge < -0.3 is 10.1 Å². The summed E-state index contributed by atoms with van der Waals surface area (Å²) in [5, 5.41) is 3.09. The zero-order valence-electron chi connectivity index (χ0n) is 14.6. The molecule has 28 heavy (non-hydrogen) atoms. The number of aromatic nitrogens is 2. The molecule has 1 atom stereocenters. The molecule has 0 saturated carbocycles. The number of benzene rings is 2. The van der Waals surface area contributed by atoms with Crippen molar-refractivity contribution in [1.29, 1.82) is 0 Å². The van der Waals surface area contributed by atoms with Crippen LogP contribution in [0.15, 0.2) is 54.6 Å². The van der Waals surface area contributed by atoms with Crippen LogP contribution >= 0.6 is 23.2 Å². The predicted molar refractivity (Wildman–Crippen MR) is 106 cm³/mol. The topological polar surface area (TPSA) is 73.2 Å². The lowest BCUT2D eigenvalue weighted by Gasteiger charge is -2.24. The molecule has 1 aromatic heterocycles. The number of rotatable bonds is 4. The number of para-hydroxylation sites is 2. The Morgan fingerprint density at radius 1 is 1.14 bits per heavy atom. The van der Waals surface area contributed by atoms with Crippen LogP contribution in [0.3, 0.4) is 0 Å². The van der Waals surface area contributed by atoms with Crippen LogP contribution in [0.2, 0.25) is 10.4 Å². The van der Waals surface area contributed by atoms with Gasteiger partial charge in [0.1, 0.15) is 12.3 Å². The summed E-state index contributed by atoms with van der Waals surface area (Å²) in [4.78, 5) is 28.7. The molecule has 0 aliphatic carbocycles. The van der Waals surface area contributed by atoms with Gasteiger partial charge in [-0.2, -0.15) is 0 Å². The van der Waals surface area contributed by atoms with Crippen molar-refractivity contribution in [3.8, 4) is 5.69 Å². The van der Waals surface area contributed by atoms with Crippen molar-refractivity contribution in [3.63, 3.8) is 0 Å². The first kappa shape index (κ1) is 18.5. The first-order valence-electron chi connectivity index (χ1n) is 8.58. The van der Waals surface area contributed by atoms with E-state index in [1.54, 1.807) is 22.8 Å². The van der Waals surface area contributed by atoms with E-state index in [0.29, 0.717) is 11.4 Å². The van der Waals surface area contributed by atoms with Crippen LogP contribution in [0.1, 0.15) is 23.6 Å². The molecule has 0 radical (unpaired) electrons. The standard InChI is InChI=1S/C20H15Cl2N3O3/c21-18-16(25(20(22)24-18)12-6-2-1-3-7-12)11-28-19(27)14-10-17(26)23-15-9-5-4-8-13(14)15/h1-9,14H,10-11H2,(H,23,26)/t14-/m0/s1. The van der Waals surface area contributed by atoms with Gasteiger partial charge in [-0.15, -0.1) is 0 Å². The summed E-state index contributed by atoms with van der Waals surface area (Å²) in [7, 11) is 0. The Labute approximate surface area is 171 Å². The van der Waals surface area contributed by atoms with Crippen molar-refractivity contribution in [2.75, 3.05) is 5.32 Å². The summed E-state index contributed by atoms with van der Waals surface area (Å²) in [5.74, 6) is -1.40. The monoisotopic (exact) mass is 415 g/mol. The van der Waals surface area contributed by atoms with Crippen LogP contribution in [0.4, 0.5) is 5.69 Å². The van der Waals surface area contributed by atoms with E-state index in [2.05, 4.69) is 10.3 Å². The van der Waals surface area contributed by atoms with E-state index in [1.165, 1.54) is 0 Å². The maximum absolute atomic E-state index is 12.7. The van der Waals surface area contributed by atoms with E-state index < -0.39 is 11.9 Å². The number of nitrogens with one attached hydrogen (secondary N) is 1. The van der Waals surface area contributed by atoms with Crippen LogP contribution in [-0.2, 0) is 20.9 Å². The molecular formula is C20H15Cl2N3O3. The van der Waals surface area contributed by atoms with Gasteiger partial charge in [-0.25, -0.2) is 4.98 Å². The summed E-state index contributed by atoms with van der Waals surface area (Å²) >= 11 is 12.4. The van der Waals surface area contributed by atoms with Gasteiger partial charge >= 0.3 is 5.97 Å². The molecule has 8 heteroatoms. The van der Waals surface area contributed by atoms with Gasteiger partial charge in [-0.05, 0) is 35.4 Å². The van der Waals surface area contributed by atoms with Gasteiger partial charge in [0.05, 0.1) is 5.92 Å². The maximum atomic E-state index is 12.7. The molecule has 2 heterocycles. The summed E-state index contributed by atoms with van der Waals surface area (Å²) in [6.07, 6.45) is 0.0300. The quantitative estimate of drug-likeness (QED) is 0.642. The second kappa shape index (κ2) is 7.66. The summed E-state index contributed by atoms with van der Waals surface area (Å²) in [5.41, 5.74) is 2.56. The zero-order valence-corrected chi connectivity index (χ0v) is 16.1. The van der Waals surface area contributed by atoms with E-state index in [-0.39, 0.29) is 29.4 Å². The van der Waals surface area contributed by atoms with Gasteiger partial charge in [0.25, 0.3) is 0 Å². The number of hydrogen-bond donors (Lipinski definition) is 1. The molecule has 142 valence electrons. The molecule has 3 aromatic rings. The number of ether oxygens (including phenoxy) is 1. The van der Waals surface area contributed by atoms with Crippen molar-refractivity contribution in [2.24, 2.45) is 0 Å². The molecule has 2 aromatic carbocycles. The number of amides is 1. The van der Waals surface area contributed by atoms with Gasteiger partial charge in [-0.1, -0.05) is 48.0 Å². The Bertz CT molecular complexity index is 1050. The van der Waals surface area contributed by atoms with E-state index >= 15 is 0 Å². The van der Waals surface area contributed by atoms with Gasteiger partial charge in [0.2, 0.25) is 11.2 Å². The van der Waals surface area contributed by atoms with Crippen LogP contribution in [0.25, 0.3) is 5.69 Å². The van der Waals surface area contributed by atoms with E-state index in [9.17, 15) is 9.59 Å². The molecule has 6 nitrogen and oxygen atoms in total. The largest absolute Gasteiger partial charge is 0.459 e. The third-order valence-electron chi connectivity index (χ3n) is 4.53. The molecule has 4 rings (SSSR count). The molecule has 0 bridgehead atoms. The van der Waals surface area contributed by atoms with Crippen molar-refractivity contribution in [1.82, 2.24) is 9.55 Å². The molecule has 0 fully saturated rings. The average Bonchev–Trinajstić information content (AvgIpc) is 2.99. The minimum absolute atomic E-state index is 0.0300. The van der Waals surface area contributed by atoms with E-state index in [4.69, 9.17) is 27.9 Å². The van der Waals surface area contributed by atoms with Crippen LogP contribution in [0, 0.1) is 0 Å². The van der Waals surface area contributed by atoms with Crippen LogP contribution in [0.5, 0.6) is 0 Å². The lowest BCUT2D eigenvalue weighted by atomic mass is 9.91. The molecule has 0 unspecified atom stereocenters. The van der Waals surface area contributed by atoms with E-state index in [1.807, 2.05) is 36.4 Å². The highest BCUT2D eigenvalue weighted by Crippen LogP contribution is 2.33. The Morgan fingerprint density at radius 2 is 1.86 bits per heavy atom. The lowest BCUT2D eigenvalue weighted by Crippen LogP contribution is -2.28. The number of imidazole rings is 1. The smallest absolute Gasteiger partial charge is 0.314 e. The van der Waals surface area contributed by atoms with Gasteiger partial charge in [-0.3, -0.25) is 14.2 Å². The lowest BCUT2D eigenvalue weighted by molar-refractivity contribution is -0.148. The number of carbonyl (C=O) groups is 2. The van der Waals surface area contributed by atoms with Gasteiger partial charge in [0.15, 0.2) is 5.15 Å². The van der Waals surface area contributed by atoms with Crippen LogP contribution < -0.4 is 5.32 Å². The molecule has 0 spiro atoms. The molecule has 1 amide bonds. The average molecular weight is 416 g/mol. The van der Waals surface area contributed by atoms with Crippen molar-refractivity contribution >= 4 is 40.8 Å². The molecule has 1 N–H and O–H groups in total. The maximum Gasteiger partial charge on any atom is 0.314 e. The van der Waals surface area contributed by atoms with Crippen molar-refractivity contribution in [2.45, 2.75) is 18.9 Å². The Balaban J connectivity index is 1.58. The number of fused-ring (bicyclic) bond motifs is 1. The predicted octanol–water partition coefficient (Wildman–Crippen LogP) is 4.35. The fourth-order valence-corrected chi connectivity index (χ4v) is 3.77. The van der Waals surface area contributed by atoms with E-state index in [0.717, 1.165) is 11.3 Å². The molecule has 0 saturated heterocycles. The number of esters is 1. The number of carbonyl (C=O) groups excluding carboxylic acids is 2. The number of nitrogens with zero attached hydrogens (tertiary/aromatic N) is 2. The van der Waals surface area contributed by atoms with Crippen molar-refractivity contribution < 1.29 is 14.3 Å². The van der Waals surface area contributed by atoms with Crippen molar-refractivity contribution in [3.05, 3.63) is 76.3 Å². The SMILES string of the molecule is O=C1C[C@H](C(=O)OCc2c(Cl)nc(Cl)n2-c2ccccc2)c2ccccc2N1. The summed E-state index contributed by atoms with van der Waals surface area (Å²) in [6, 6.07) is 16.5. The highest BCUT2D eigenvalue weighted by Gasteiger charge is 2.32. The summed E-state index contributed by atoms with van der Waals surface area (Å²) < 4.78 is 7.13. The fourth-order valence-electron chi connectivity index (χ4n) is 3.22.